The van der Waals surface area contributed by atoms with E-state index in [1.54, 1.807) is 0 Å². The van der Waals surface area contributed by atoms with Crippen LogP contribution < -0.4 is 5.32 Å². The summed E-state index contributed by atoms with van der Waals surface area (Å²) >= 11 is 6.21. The average Bonchev–Trinajstić information content (AvgIpc) is 2.97. The van der Waals surface area contributed by atoms with Gasteiger partial charge in [0.15, 0.2) is 0 Å². The second-order valence-electron chi connectivity index (χ2n) is 7.67. The number of nitrogens with one attached hydrogen (secondary N) is 1. The molecule has 0 radical (unpaired) electrons. The molecule has 5 nitrogen and oxygen atoms in total. The van der Waals surface area contributed by atoms with Crippen LogP contribution in [0, 0.1) is 5.92 Å². The van der Waals surface area contributed by atoms with Crippen LogP contribution >= 0.6 is 11.6 Å². The molecule has 7 heteroatoms. The van der Waals surface area contributed by atoms with Crippen LogP contribution in [0.1, 0.15) is 68.1 Å². The zero-order valence-corrected chi connectivity index (χ0v) is 17.3. The predicted octanol–water partition coefficient (Wildman–Crippen LogP) is 4.21. The molecular formula is C20H29ClN2O3S. The lowest BCUT2D eigenvalue weighted by molar-refractivity contribution is 0.0943. The third-order valence-corrected chi connectivity index (χ3v) is 7.89. The van der Waals surface area contributed by atoms with Crippen molar-refractivity contribution in [1.29, 1.82) is 0 Å². The van der Waals surface area contributed by atoms with Crippen LogP contribution in [-0.2, 0) is 10.0 Å². The molecule has 2 aliphatic rings. The summed E-state index contributed by atoms with van der Waals surface area (Å²) in [6.45, 7) is 1.70. The van der Waals surface area contributed by atoms with E-state index in [1.165, 1.54) is 41.8 Å². The molecule has 0 unspecified atom stereocenters. The molecule has 1 saturated heterocycles. The van der Waals surface area contributed by atoms with Crippen LogP contribution in [0.25, 0.3) is 0 Å². The van der Waals surface area contributed by atoms with Crippen LogP contribution in [0.5, 0.6) is 0 Å². The SMILES string of the molecule is O=C(NCC1CCCCC1)c1cc(S(=O)(=O)N2CCCCCC2)ccc1Cl. The van der Waals surface area contributed by atoms with E-state index in [1.807, 2.05) is 0 Å². The lowest BCUT2D eigenvalue weighted by Crippen LogP contribution is -2.33. The van der Waals surface area contributed by atoms with Gasteiger partial charge in [0.25, 0.3) is 5.91 Å². The van der Waals surface area contributed by atoms with Gasteiger partial charge in [-0.2, -0.15) is 4.31 Å². The van der Waals surface area contributed by atoms with Crippen molar-refractivity contribution >= 4 is 27.5 Å². The minimum Gasteiger partial charge on any atom is -0.352 e. The van der Waals surface area contributed by atoms with Gasteiger partial charge in [-0.05, 0) is 49.8 Å². The number of rotatable bonds is 5. The number of carbonyl (C=O) groups excluding carboxylic acids is 1. The molecule has 1 aromatic carbocycles. The maximum Gasteiger partial charge on any atom is 0.252 e. The van der Waals surface area contributed by atoms with Crippen LogP contribution in [0.15, 0.2) is 23.1 Å². The molecule has 1 aliphatic heterocycles. The molecule has 1 aliphatic carbocycles. The van der Waals surface area contributed by atoms with Crippen molar-refractivity contribution < 1.29 is 13.2 Å². The Kier molecular flexibility index (Phi) is 7.17. The van der Waals surface area contributed by atoms with Crippen molar-refractivity contribution in [3.8, 4) is 0 Å². The van der Waals surface area contributed by atoms with Gasteiger partial charge in [0.05, 0.1) is 15.5 Å². The molecule has 1 N–H and O–H groups in total. The Morgan fingerprint density at radius 1 is 1.04 bits per heavy atom. The van der Waals surface area contributed by atoms with E-state index in [2.05, 4.69) is 5.32 Å². The van der Waals surface area contributed by atoms with Gasteiger partial charge >= 0.3 is 0 Å². The monoisotopic (exact) mass is 412 g/mol. The molecule has 27 heavy (non-hydrogen) atoms. The molecule has 0 bridgehead atoms. The highest BCUT2D eigenvalue weighted by molar-refractivity contribution is 7.89. The number of halogens is 1. The molecule has 3 rings (SSSR count). The van der Waals surface area contributed by atoms with Crippen molar-refractivity contribution in [2.75, 3.05) is 19.6 Å². The second kappa shape index (κ2) is 9.39. The first-order chi connectivity index (χ1) is 13.0. The van der Waals surface area contributed by atoms with Crippen LogP contribution in [0.2, 0.25) is 5.02 Å². The quantitative estimate of drug-likeness (QED) is 0.787. The summed E-state index contributed by atoms with van der Waals surface area (Å²) in [4.78, 5) is 12.8. The minimum absolute atomic E-state index is 0.150. The lowest BCUT2D eigenvalue weighted by atomic mass is 9.89. The van der Waals surface area contributed by atoms with E-state index in [4.69, 9.17) is 11.6 Å². The van der Waals surface area contributed by atoms with Gasteiger partial charge in [0.2, 0.25) is 10.0 Å². The second-order valence-corrected chi connectivity index (χ2v) is 10.0. The molecule has 2 fully saturated rings. The molecular weight excluding hydrogens is 384 g/mol. The Balaban J connectivity index is 1.73. The average molecular weight is 413 g/mol. The fraction of sp³-hybridized carbons (Fsp3) is 0.650. The number of hydrogen-bond donors (Lipinski definition) is 1. The summed E-state index contributed by atoms with van der Waals surface area (Å²) in [5, 5.41) is 3.23. The fourth-order valence-corrected chi connectivity index (χ4v) is 5.74. The Bertz CT molecular complexity index is 752. The van der Waals surface area contributed by atoms with E-state index in [0.29, 0.717) is 25.6 Å². The normalized spacial score (nSPS) is 20.2. The maximum absolute atomic E-state index is 13.0. The summed E-state index contributed by atoms with van der Waals surface area (Å²) in [7, 11) is -3.60. The number of amides is 1. The predicted molar refractivity (Wildman–Crippen MR) is 108 cm³/mol. The molecule has 1 amide bonds. The topological polar surface area (TPSA) is 66.5 Å². The van der Waals surface area contributed by atoms with Crippen LogP contribution in [0.3, 0.4) is 0 Å². The fourth-order valence-electron chi connectivity index (χ4n) is 3.99. The van der Waals surface area contributed by atoms with E-state index in [0.717, 1.165) is 38.5 Å². The summed E-state index contributed by atoms with van der Waals surface area (Å²) in [5.74, 6) is 0.212. The molecule has 0 atom stereocenters. The van der Waals surface area contributed by atoms with Gasteiger partial charge in [0, 0.05) is 19.6 Å². The highest BCUT2D eigenvalue weighted by Crippen LogP contribution is 2.26. The molecule has 0 aromatic heterocycles. The zero-order chi connectivity index (χ0) is 19.3. The van der Waals surface area contributed by atoms with Crippen molar-refractivity contribution in [1.82, 2.24) is 9.62 Å². The Morgan fingerprint density at radius 2 is 1.67 bits per heavy atom. The minimum atomic E-state index is -3.60. The third-order valence-electron chi connectivity index (χ3n) is 5.66. The number of nitrogens with zero attached hydrogens (tertiary/aromatic N) is 1. The molecule has 150 valence electrons. The van der Waals surface area contributed by atoms with Gasteiger partial charge in [-0.15, -0.1) is 0 Å². The van der Waals surface area contributed by atoms with E-state index >= 15 is 0 Å². The summed E-state index contributed by atoms with van der Waals surface area (Å²) in [5.41, 5.74) is 0.239. The molecule has 1 saturated carbocycles. The van der Waals surface area contributed by atoms with Gasteiger partial charge in [-0.3, -0.25) is 4.79 Å². The smallest absolute Gasteiger partial charge is 0.252 e. The maximum atomic E-state index is 13.0. The number of benzene rings is 1. The molecule has 1 heterocycles. The Morgan fingerprint density at radius 3 is 2.33 bits per heavy atom. The van der Waals surface area contributed by atoms with E-state index < -0.39 is 10.0 Å². The molecule has 0 spiro atoms. The van der Waals surface area contributed by atoms with Gasteiger partial charge in [-0.1, -0.05) is 43.7 Å². The number of carbonyl (C=O) groups is 1. The lowest BCUT2D eigenvalue weighted by Gasteiger charge is -2.22. The van der Waals surface area contributed by atoms with Gasteiger partial charge in [0.1, 0.15) is 0 Å². The summed E-state index contributed by atoms with van der Waals surface area (Å²) in [6.07, 6.45) is 9.84. The number of hydrogen-bond acceptors (Lipinski definition) is 3. The van der Waals surface area contributed by atoms with Crippen molar-refractivity contribution in [3.05, 3.63) is 28.8 Å². The Labute approximate surface area is 167 Å². The highest BCUT2D eigenvalue weighted by Gasteiger charge is 2.27. The van der Waals surface area contributed by atoms with E-state index in [9.17, 15) is 13.2 Å². The third kappa shape index (κ3) is 5.24. The summed E-state index contributed by atoms with van der Waals surface area (Å²) < 4.78 is 27.5. The van der Waals surface area contributed by atoms with Gasteiger partial charge < -0.3 is 5.32 Å². The zero-order valence-electron chi connectivity index (χ0n) is 15.8. The van der Waals surface area contributed by atoms with E-state index in [-0.39, 0.29) is 21.4 Å². The first kappa shape index (κ1) is 20.6. The Hall–Kier alpha value is -1.11. The van der Waals surface area contributed by atoms with Crippen molar-refractivity contribution in [2.24, 2.45) is 5.92 Å². The van der Waals surface area contributed by atoms with Crippen LogP contribution in [0.4, 0.5) is 0 Å². The standard InChI is InChI=1S/C20H29ClN2O3S/c21-19-11-10-17(27(25,26)23-12-6-1-2-7-13-23)14-18(19)20(24)22-15-16-8-4-3-5-9-16/h10-11,14,16H,1-9,12-13,15H2,(H,22,24). The first-order valence-corrected chi connectivity index (χ1v) is 11.9. The summed E-state index contributed by atoms with van der Waals surface area (Å²) in [6, 6.07) is 4.45. The van der Waals surface area contributed by atoms with Crippen LogP contribution in [-0.4, -0.2) is 38.3 Å². The number of sulfonamides is 1. The molecule has 1 aromatic rings. The first-order valence-electron chi connectivity index (χ1n) is 10.1. The largest absolute Gasteiger partial charge is 0.352 e. The van der Waals surface area contributed by atoms with Gasteiger partial charge in [-0.25, -0.2) is 8.42 Å². The highest BCUT2D eigenvalue weighted by atomic mass is 35.5. The van der Waals surface area contributed by atoms with Crippen molar-refractivity contribution in [3.63, 3.8) is 0 Å². The van der Waals surface area contributed by atoms with Crippen molar-refractivity contribution in [2.45, 2.75) is 62.7 Å².